The molecule has 0 atom stereocenters. The molecule has 0 aliphatic heterocycles. The predicted molar refractivity (Wildman–Crippen MR) is 102 cm³/mol. The Bertz CT molecular complexity index is 789. The fraction of sp³-hybridized carbons (Fsp3) is 0. The van der Waals surface area contributed by atoms with Crippen LogP contribution in [0.15, 0.2) is 74.7 Å². The van der Waals surface area contributed by atoms with E-state index in [1.165, 1.54) is 23.3 Å². The van der Waals surface area contributed by atoms with Crippen LogP contribution in [0.5, 0.6) is 0 Å². The Morgan fingerprint density at radius 3 is 2.61 bits per heavy atom. The third-order valence-electron chi connectivity index (χ3n) is 3.01. The van der Waals surface area contributed by atoms with Crippen molar-refractivity contribution in [1.82, 2.24) is 0 Å². The molecule has 3 aromatic rings. The Morgan fingerprint density at radius 2 is 1.87 bits per heavy atom. The summed E-state index contributed by atoms with van der Waals surface area (Å²) < 4.78 is 4.33. The molecule has 0 bridgehead atoms. The monoisotopic (exact) mass is 404 g/mol. The lowest BCUT2D eigenvalue weighted by Gasteiger charge is -2.08. The van der Waals surface area contributed by atoms with E-state index in [4.69, 9.17) is 0 Å². The van der Waals surface area contributed by atoms with Crippen LogP contribution in [0, 0.1) is 0 Å². The van der Waals surface area contributed by atoms with Crippen molar-refractivity contribution in [2.75, 3.05) is 10.0 Å². The van der Waals surface area contributed by atoms with Crippen LogP contribution in [0.2, 0.25) is 0 Å². The Kier molecular flexibility index (Phi) is 5.38. The first-order chi connectivity index (χ1) is 11.2. The molecule has 0 saturated carbocycles. The molecule has 0 unspecified atom stereocenters. The summed E-state index contributed by atoms with van der Waals surface area (Å²) in [4.78, 5) is 13.1. The van der Waals surface area contributed by atoms with Crippen molar-refractivity contribution in [2.45, 2.75) is 4.90 Å². The second-order valence-corrected chi connectivity index (χ2v) is 7.28. The minimum absolute atomic E-state index is 0.0886. The van der Waals surface area contributed by atoms with E-state index >= 15 is 0 Å². The number of halogens is 1. The third kappa shape index (κ3) is 4.60. The molecule has 2 aromatic carbocycles. The number of thiophene rings is 1. The molecule has 0 saturated heterocycles. The van der Waals surface area contributed by atoms with Crippen molar-refractivity contribution in [3.63, 3.8) is 0 Å². The molecule has 23 heavy (non-hydrogen) atoms. The van der Waals surface area contributed by atoms with E-state index in [1.807, 2.05) is 65.4 Å². The standard InChI is InChI=1S/C17H13BrN2OS2/c18-13-4-6-14(7-5-13)20-23-16-3-1-2-15(10-16)19-17(21)12-8-9-22-11-12/h1-11,20H,(H,19,21). The average Bonchev–Trinajstić information content (AvgIpc) is 3.09. The zero-order valence-electron chi connectivity index (χ0n) is 12.0. The summed E-state index contributed by atoms with van der Waals surface area (Å²) in [7, 11) is 0. The van der Waals surface area contributed by atoms with Crippen molar-refractivity contribution in [1.29, 1.82) is 0 Å². The fourth-order valence-corrected chi connectivity index (χ4v) is 3.47. The minimum Gasteiger partial charge on any atom is -0.326 e. The van der Waals surface area contributed by atoms with Gasteiger partial charge >= 0.3 is 0 Å². The van der Waals surface area contributed by atoms with Gasteiger partial charge in [0.05, 0.1) is 5.56 Å². The summed E-state index contributed by atoms with van der Waals surface area (Å²) in [5.74, 6) is -0.0886. The van der Waals surface area contributed by atoms with E-state index in [-0.39, 0.29) is 5.91 Å². The average molecular weight is 405 g/mol. The summed E-state index contributed by atoms with van der Waals surface area (Å²) in [5, 5.41) is 6.64. The van der Waals surface area contributed by atoms with Gasteiger partial charge in [0.2, 0.25) is 0 Å². The van der Waals surface area contributed by atoms with Gasteiger partial charge in [0.1, 0.15) is 0 Å². The highest BCUT2D eigenvalue weighted by molar-refractivity contribution is 9.10. The molecule has 3 rings (SSSR count). The van der Waals surface area contributed by atoms with Crippen molar-refractivity contribution >= 4 is 56.5 Å². The second-order valence-electron chi connectivity index (χ2n) is 4.70. The topological polar surface area (TPSA) is 41.1 Å². The first-order valence-electron chi connectivity index (χ1n) is 6.83. The lowest BCUT2D eigenvalue weighted by Crippen LogP contribution is -2.10. The van der Waals surface area contributed by atoms with E-state index in [9.17, 15) is 4.79 Å². The maximum Gasteiger partial charge on any atom is 0.256 e. The molecular formula is C17H13BrN2OS2. The van der Waals surface area contributed by atoms with Gasteiger partial charge < -0.3 is 10.0 Å². The Hall–Kier alpha value is -1.76. The van der Waals surface area contributed by atoms with Gasteiger partial charge in [0.15, 0.2) is 0 Å². The number of amides is 1. The van der Waals surface area contributed by atoms with Crippen molar-refractivity contribution in [3.8, 4) is 0 Å². The molecule has 3 nitrogen and oxygen atoms in total. The van der Waals surface area contributed by atoms with Crippen LogP contribution < -0.4 is 10.0 Å². The maximum atomic E-state index is 12.1. The van der Waals surface area contributed by atoms with Gasteiger partial charge in [-0.15, -0.1) is 0 Å². The van der Waals surface area contributed by atoms with Crippen LogP contribution in [0.4, 0.5) is 11.4 Å². The normalized spacial score (nSPS) is 10.3. The maximum absolute atomic E-state index is 12.1. The van der Waals surface area contributed by atoms with Crippen LogP contribution in [0.1, 0.15) is 10.4 Å². The number of nitrogens with one attached hydrogen (secondary N) is 2. The van der Waals surface area contributed by atoms with Crippen molar-refractivity contribution in [3.05, 3.63) is 75.4 Å². The Morgan fingerprint density at radius 1 is 1.04 bits per heavy atom. The molecule has 6 heteroatoms. The third-order valence-corrected chi connectivity index (χ3v) is 5.05. The molecule has 1 aromatic heterocycles. The smallest absolute Gasteiger partial charge is 0.256 e. The van der Waals surface area contributed by atoms with Crippen LogP contribution in [-0.2, 0) is 0 Å². The molecule has 0 radical (unpaired) electrons. The number of anilines is 2. The zero-order valence-corrected chi connectivity index (χ0v) is 15.2. The lowest BCUT2D eigenvalue weighted by molar-refractivity contribution is 0.102. The second kappa shape index (κ2) is 7.68. The molecule has 1 heterocycles. The van der Waals surface area contributed by atoms with E-state index < -0.39 is 0 Å². The molecule has 1 amide bonds. The summed E-state index contributed by atoms with van der Waals surface area (Å²) in [6, 6.07) is 17.5. The molecule has 116 valence electrons. The fourth-order valence-electron chi connectivity index (χ4n) is 1.87. The number of carbonyl (C=O) groups is 1. The highest BCUT2D eigenvalue weighted by Gasteiger charge is 2.06. The van der Waals surface area contributed by atoms with Crippen LogP contribution in [0.3, 0.4) is 0 Å². The predicted octanol–water partition coefficient (Wildman–Crippen LogP) is 5.88. The highest BCUT2D eigenvalue weighted by atomic mass is 79.9. The molecule has 0 fully saturated rings. The zero-order chi connectivity index (χ0) is 16.1. The summed E-state index contributed by atoms with van der Waals surface area (Å²) in [6.07, 6.45) is 0. The van der Waals surface area contributed by atoms with Gasteiger partial charge in [-0.1, -0.05) is 22.0 Å². The van der Waals surface area contributed by atoms with E-state index in [0.717, 1.165) is 20.7 Å². The Balaban J connectivity index is 1.63. The SMILES string of the molecule is O=C(Nc1cccc(SNc2ccc(Br)cc2)c1)c1ccsc1. The van der Waals surface area contributed by atoms with Gasteiger partial charge in [0, 0.05) is 26.1 Å². The summed E-state index contributed by atoms with van der Waals surface area (Å²) in [6.45, 7) is 0. The Labute approximate surface area is 151 Å². The first-order valence-corrected chi connectivity index (χ1v) is 9.38. The number of rotatable bonds is 5. The van der Waals surface area contributed by atoms with Gasteiger partial charge in [0.25, 0.3) is 5.91 Å². The molecular weight excluding hydrogens is 392 g/mol. The van der Waals surface area contributed by atoms with E-state index in [0.29, 0.717) is 5.56 Å². The minimum atomic E-state index is -0.0886. The number of carbonyl (C=O) groups excluding carboxylic acids is 1. The summed E-state index contributed by atoms with van der Waals surface area (Å²) >= 11 is 6.43. The summed E-state index contributed by atoms with van der Waals surface area (Å²) in [5.41, 5.74) is 2.48. The van der Waals surface area contributed by atoms with Gasteiger partial charge in [-0.3, -0.25) is 4.79 Å². The highest BCUT2D eigenvalue weighted by Crippen LogP contribution is 2.25. The molecule has 2 N–H and O–H groups in total. The van der Waals surface area contributed by atoms with E-state index in [2.05, 4.69) is 26.0 Å². The number of hydrogen-bond donors (Lipinski definition) is 2. The van der Waals surface area contributed by atoms with E-state index in [1.54, 1.807) is 0 Å². The van der Waals surface area contributed by atoms with Gasteiger partial charge in [-0.2, -0.15) is 11.3 Å². The van der Waals surface area contributed by atoms with Crippen molar-refractivity contribution < 1.29 is 4.79 Å². The first kappa shape index (κ1) is 16.1. The quantitative estimate of drug-likeness (QED) is 0.521. The molecule has 0 spiro atoms. The van der Waals surface area contributed by atoms with Gasteiger partial charge in [-0.25, -0.2) is 0 Å². The largest absolute Gasteiger partial charge is 0.326 e. The lowest BCUT2D eigenvalue weighted by atomic mass is 10.3. The van der Waals surface area contributed by atoms with Crippen molar-refractivity contribution in [2.24, 2.45) is 0 Å². The number of benzene rings is 2. The van der Waals surface area contributed by atoms with Crippen LogP contribution in [-0.4, -0.2) is 5.91 Å². The number of hydrogen-bond acceptors (Lipinski definition) is 4. The molecule has 0 aliphatic rings. The van der Waals surface area contributed by atoms with Crippen LogP contribution >= 0.6 is 39.2 Å². The molecule has 0 aliphatic carbocycles. The van der Waals surface area contributed by atoms with Gasteiger partial charge in [-0.05, 0) is 65.9 Å². The van der Waals surface area contributed by atoms with Crippen LogP contribution in [0.25, 0.3) is 0 Å².